The number of aliphatic carboxylic acids is 1. The first-order valence-electron chi connectivity index (χ1n) is 10.1. The first kappa shape index (κ1) is 21.5. The Bertz CT molecular complexity index is 929. The lowest BCUT2D eigenvalue weighted by atomic mass is 9.98. The molecule has 1 heterocycles. The van der Waals surface area contributed by atoms with Gasteiger partial charge in [0.25, 0.3) is 0 Å². The van der Waals surface area contributed by atoms with Crippen LogP contribution in [0, 0.1) is 12.8 Å². The Balaban J connectivity index is 1.46. The van der Waals surface area contributed by atoms with Crippen LogP contribution in [0.3, 0.4) is 0 Å². The van der Waals surface area contributed by atoms with Crippen LogP contribution in [0.25, 0.3) is 6.08 Å². The molecule has 0 aromatic heterocycles. The van der Waals surface area contributed by atoms with Gasteiger partial charge in [-0.1, -0.05) is 72.3 Å². The third kappa shape index (κ3) is 5.91. The van der Waals surface area contributed by atoms with Gasteiger partial charge < -0.3 is 14.7 Å². The van der Waals surface area contributed by atoms with Crippen molar-refractivity contribution in [3.63, 3.8) is 0 Å². The highest BCUT2D eigenvalue weighted by Crippen LogP contribution is 2.19. The van der Waals surface area contributed by atoms with Crippen LogP contribution in [0.1, 0.15) is 34.0 Å². The number of carbonyl (C=O) groups is 2. The molecule has 5 heteroatoms. The Hall–Kier alpha value is -3.18. The summed E-state index contributed by atoms with van der Waals surface area (Å²) < 4.78 is 5.29. The number of carboxylic acids is 1. The molecule has 1 aliphatic heterocycles. The van der Waals surface area contributed by atoms with E-state index in [1.165, 1.54) is 6.92 Å². The molecular weight excluding hydrogens is 378 g/mol. The molecule has 0 fully saturated rings. The van der Waals surface area contributed by atoms with E-state index in [1.54, 1.807) is 0 Å². The molecule has 0 amide bonds. The number of Topliss-reactive ketones (excluding diaryl/α,β-unsaturated/α-hetero) is 1. The van der Waals surface area contributed by atoms with E-state index >= 15 is 0 Å². The summed E-state index contributed by atoms with van der Waals surface area (Å²) in [5.41, 5.74) is 3.89. The van der Waals surface area contributed by atoms with Crippen LogP contribution in [0.2, 0.25) is 0 Å². The molecule has 2 atom stereocenters. The summed E-state index contributed by atoms with van der Waals surface area (Å²) in [6.07, 6.45) is 7.25. The van der Waals surface area contributed by atoms with Crippen LogP contribution in [0.5, 0.6) is 0 Å². The highest BCUT2D eigenvalue weighted by atomic mass is 16.5. The van der Waals surface area contributed by atoms with Gasteiger partial charge in [0.15, 0.2) is 11.9 Å². The fraction of sp³-hybridized carbons (Fsp3) is 0.280. The van der Waals surface area contributed by atoms with Gasteiger partial charge in [0.2, 0.25) is 0 Å². The van der Waals surface area contributed by atoms with E-state index in [4.69, 9.17) is 9.84 Å². The zero-order valence-corrected chi connectivity index (χ0v) is 17.3. The first-order chi connectivity index (χ1) is 14.4. The second kappa shape index (κ2) is 10.0. The number of carbonyl (C=O) groups excluding carboxylic acids is 1. The molecule has 0 radical (unpaired) electrons. The van der Waals surface area contributed by atoms with Crippen molar-refractivity contribution in [3.05, 3.63) is 89.1 Å². The van der Waals surface area contributed by atoms with Gasteiger partial charge in [0.1, 0.15) is 0 Å². The second-order valence-corrected chi connectivity index (χ2v) is 7.57. The van der Waals surface area contributed by atoms with Crippen molar-refractivity contribution in [2.75, 3.05) is 13.1 Å². The number of carboxylic acid groups (broad SMARTS) is 1. The molecule has 0 bridgehead atoms. The molecule has 0 saturated heterocycles. The maximum absolute atomic E-state index is 12.6. The number of nitrogens with zero attached hydrogens (tertiary/aromatic N) is 1. The van der Waals surface area contributed by atoms with Crippen LogP contribution in [0.15, 0.2) is 66.9 Å². The van der Waals surface area contributed by atoms with Gasteiger partial charge in [-0.05, 0) is 31.2 Å². The lowest BCUT2D eigenvalue weighted by molar-refractivity contribution is -0.149. The zero-order valence-electron chi connectivity index (χ0n) is 17.3. The quantitative estimate of drug-likeness (QED) is 0.629. The monoisotopic (exact) mass is 405 g/mol. The molecule has 2 aromatic rings. The van der Waals surface area contributed by atoms with Crippen molar-refractivity contribution >= 4 is 17.8 Å². The molecule has 1 aliphatic rings. The molecule has 156 valence electrons. The summed E-state index contributed by atoms with van der Waals surface area (Å²) in [4.78, 5) is 25.5. The first-order valence-corrected chi connectivity index (χ1v) is 10.1. The molecule has 3 rings (SSSR count). The number of hydrogen-bond donors (Lipinski definition) is 1. The summed E-state index contributed by atoms with van der Waals surface area (Å²) in [6, 6.07) is 15.5. The fourth-order valence-electron chi connectivity index (χ4n) is 3.18. The van der Waals surface area contributed by atoms with E-state index in [1.807, 2.05) is 73.8 Å². The third-order valence-corrected chi connectivity index (χ3v) is 5.11. The SMILES string of the molecule is Cc1ccc(C(=O)C2C=CN(C/C=C/c3ccc(CO[C@H](C)C(=O)O)cc3)C2)cc1. The minimum absolute atomic E-state index is 0.103. The van der Waals surface area contributed by atoms with Crippen LogP contribution in [-0.4, -0.2) is 41.0 Å². The number of ketones is 1. The van der Waals surface area contributed by atoms with Crippen molar-refractivity contribution < 1.29 is 19.4 Å². The van der Waals surface area contributed by atoms with Crippen molar-refractivity contribution in [2.45, 2.75) is 26.6 Å². The van der Waals surface area contributed by atoms with Gasteiger partial charge in [0, 0.05) is 18.7 Å². The third-order valence-electron chi connectivity index (χ3n) is 5.11. The van der Waals surface area contributed by atoms with Crippen molar-refractivity contribution in [2.24, 2.45) is 5.92 Å². The minimum Gasteiger partial charge on any atom is -0.479 e. The number of rotatable bonds is 9. The van der Waals surface area contributed by atoms with Crippen molar-refractivity contribution in [3.8, 4) is 0 Å². The topological polar surface area (TPSA) is 66.8 Å². The van der Waals surface area contributed by atoms with Crippen LogP contribution in [-0.2, 0) is 16.1 Å². The maximum Gasteiger partial charge on any atom is 0.332 e. The van der Waals surface area contributed by atoms with Crippen molar-refractivity contribution in [1.82, 2.24) is 4.90 Å². The number of hydrogen-bond acceptors (Lipinski definition) is 4. The Kier molecular flexibility index (Phi) is 7.20. The van der Waals surface area contributed by atoms with E-state index < -0.39 is 12.1 Å². The van der Waals surface area contributed by atoms with Gasteiger partial charge in [-0.3, -0.25) is 4.79 Å². The summed E-state index contributed by atoms with van der Waals surface area (Å²) in [5.74, 6) is -0.908. The zero-order chi connectivity index (χ0) is 21.5. The van der Waals surface area contributed by atoms with E-state index in [0.29, 0.717) is 6.54 Å². The van der Waals surface area contributed by atoms with Crippen LogP contribution in [0.4, 0.5) is 0 Å². The minimum atomic E-state index is -0.965. The molecule has 0 saturated carbocycles. The maximum atomic E-state index is 12.6. The van der Waals surface area contributed by atoms with E-state index in [-0.39, 0.29) is 18.3 Å². The molecule has 30 heavy (non-hydrogen) atoms. The predicted octanol–water partition coefficient (Wildman–Crippen LogP) is 4.33. The lowest BCUT2D eigenvalue weighted by Gasteiger charge is -2.15. The summed E-state index contributed by atoms with van der Waals surface area (Å²) in [7, 11) is 0. The lowest BCUT2D eigenvalue weighted by Crippen LogP contribution is -2.23. The Labute approximate surface area is 177 Å². The Morgan fingerprint density at radius 2 is 1.87 bits per heavy atom. The molecule has 0 aliphatic carbocycles. The average molecular weight is 405 g/mol. The smallest absolute Gasteiger partial charge is 0.332 e. The van der Waals surface area contributed by atoms with E-state index in [2.05, 4.69) is 11.0 Å². The second-order valence-electron chi connectivity index (χ2n) is 7.57. The number of aryl methyl sites for hydroxylation is 1. The van der Waals surface area contributed by atoms with Gasteiger partial charge in [-0.15, -0.1) is 0 Å². The van der Waals surface area contributed by atoms with E-state index in [9.17, 15) is 9.59 Å². The highest BCUT2D eigenvalue weighted by molar-refractivity contribution is 5.99. The van der Waals surface area contributed by atoms with Gasteiger partial charge in [-0.2, -0.15) is 0 Å². The molecule has 5 nitrogen and oxygen atoms in total. The number of benzene rings is 2. The largest absolute Gasteiger partial charge is 0.479 e. The molecule has 1 unspecified atom stereocenters. The molecule has 1 N–H and O–H groups in total. The molecule has 0 spiro atoms. The Morgan fingerprint density at radius 1 is 1.17 bits per heavy atom. The summed E-state index contributed by atoms with van der Waals surface area (Å²) in [6.45, 7) is 5.22. The highest BCUT2D eigenvalue weighted by Gasteiger charge is 2.23. The van der Waals surface area contributed by atoms with E-state index in [0.717, 1.165) is 28.8 Å². The van der Waals surface area contributed by atoms with Crippen LogP contribution >= 0.6 is 0 Å². The van der Waals surface area contributed by atoms with Crippen molar-refractivity contribution in [1.29, 1.82) is 0 Å². The van der Waals surface area contributed by atoms with Crippen LogP contribution < -0.4 is 0 Å². The fourth-order valence-corrected chi connectivity index (χ4v) is 3.18. The summed E-state index contributed by atoms with van der Waals surface area (Å²) >= 11 is 0. The number of ether oxygens (including phenoxy) is 1. The Morgan fingerprint density at radius 3 is 2.53 bits per heavy atom. The van der Waals surface area contributed by atoms with Gasteiger partial charge >= 0.3 is 5.97 Å². The molecule has 2 aromatic carbocycles. The average Bonchev–Trinajstić information content (AvgIpc) is 3.22. The van der Waals surface area contributed by atoms with Gasteiger partial charge in [-0.25, -0.2) is 4.79 Å². The standard InChI is InChI=1S/C25H27NO4/c1-18-5-11-22(12-6-18)24(27)23-13-15-26(16-23)14-3-4-20-7-9-21(10-8-20)17-30-19(2)25(28)29/h3-13,15,19,23H,14,16-17H2,1-2H3,(H,28,29)/b4-3+/t19-,23?/m1/s1. The van der Waals surface area contributed by atoms with Gasteiger partial charge in [0.05, 0.1) is 12.5 Å². The summed E-state index contributed by atoms with van der Waals surface area (Å²) in [5, 5.41) is 8.84. The predicted molar refractivity (Wildman–Crippen MR) is 117 cm³/mol. The normalized spacial score (nSPS) is 16.9. The molecular formula is C25H27NO4.